The predicted octanol–water partition coefficient (Wildman–Crippen LogP) is 8.59. The number of rotatable bonds is 8. The van der Waals surface area contributed by atoms with E-state index in [9.17, 15) is 4.79 Å². The Morgan fingerprint density at radius 2 is 1.24 bits per heavy atom. The molecule has 5 aromatic carbocycles. The van der Waals surface area contributed by atoms with Crippen molar-refractivity contribution < 1.29 is 9.53 Å². The molecule has 0 saturated carbocycles. The van der Waals surface area contributed by atoms with Crippen molar-refractivity contribution in [2.24, 2.45) is 4.99 Å². The SMILES string of the molecule is Cc1ccccc1N=C1O/C(=C/c2ccc(N(c3ccccc3)c3ccccc3)cc2)C(=O)N1CCc1ccccc1. The molecule has 5 nitrogen and oxygen atoms in total. The topological polar surface area (TPSA) is 45.1 Å². The molecular formula is C37H31N3O2. The van der Waals surface area contributed by atoms with E-state index in [0.717, 1.165) is 39.4 Å². The molecule has 5 heteroatoms. The largest absolute Gasteiger partial charge is 0.419 e. The van der Waals surface area contributed by atoms with Crippen molar-refractivity contribution in [3.05, 3.63) is 162 Å². The molecule has 206 valence electrons. The van der Waals surface area contributed by atoms with Gasteiger partial charge in [-0.05, 0) is 78.6 Å². The lowest BCUT2D eigenvalue weighted by Crippen LogP contribution is -2.31. The summed E-state index contributed by atoms with van der Waals surface area (Å²) < 4.78 is 6.13. The van der Waals surface area contributed by atoms with Gasteiger partial charge >= 0.3 is 6.02 Å². The first-order valence-electron chi connectivity index (χ1n) is 14.1. The highest BCUT2D eigenvalue weighted by molar-refractivity contribution is 6.11. The number of hydrogen-bond acceptors (Lipinski definition) is 4. The predicted molar refractivity (Wildman–Crippen MR) is 170 cm³/mol. The van der Waals surface area contributed by atoms with Crippen molar-refractivity contribution in [3.8, 4) is 0 Å². The third kappa shape index (κ3) is 6.01. The Balaban J connectivity index is 1.29. The molecule has 0 bridgehead atoms. The van der Waals surface area contributed by atoms with Crippen LogP contribution in [0.2, 0.25) is 0 Å². The Morgan fingerprint density at radius 3 is 1.86 bits per heavy atom. The van der Waals surface area contributed by atoms with Crippen molar-refractivity contribution >= 4 is 40.8 Å². The highest BCUT2D eigenvalue weighted by Crippen LogP contribution is 2.34. The van der Waals surface area contributed by atoms with Crippen molar-refractivity contribution in [1.82, 2.24) is 4.90 Å². The lowest BCUT2D eigenvalue weighted by atomic mass is 10.1. The van der Waals surface area contributed by atoms with Gasteiger partial charge in [0.2, 0.25) is 0 Å². The van der Waals surface area contributed by atoms with Gasteiger partial charge in [0.05, 0.1) is 5.69 Å². The second-order valence-corrected chi connectivity index (χ2v) is 10.1. The number of carbonyl (C=O) groups is 1. The van der Waals surface area contributed by atoms with Crippen molar-refractivity contribution in [2.45, 2.75) is 13.3 Å². The molecule has 1 amide bonds. The van der Waals surface area contributed by atoms with Crippen LogP contribution in [0.3, 0.4) is 0 Å². The van der Waals surface area contributed by atoms with E-state index < -0.39 is 0 Å². The summed E-state index contributed by atoms with van der Waals surface area (Å²) in [5, 5.41) is 0. The van der Waals surface area contributed by atoms with Crippen LogP contribution < -0.4 is 4.90 Å². The number of para-hydroxylation sites is 3. The number of amidine groups is 1. The van der Waals surface area contributed by atoms with Crippen molar-refractivity contribution in [1.29, 1.82) is 0 Å². The number of benzene rings is 5. The van der Waals surface area contributed by atoms with Crippen LogP contribution in [0.1, 0.15) is 16.7 Å². The third-order valence-corrected chi connectivity index (χ3v) is 7.16. The lowest BCUT2D eigenvalue weighted by molar-refractivity contribution is -0.122. The highest BCUT2D eigenvalue weighted by atomic mass is 16.5. The van der Waals surface area contributed by atoms with Gasteiger partial charge in [-0.15, -0.1) is 0 Å². The van der Waals surface area contributed by atoms with Gasteiger partial charge in [0.25, 0.3) is 5.91 Å². The van der Waals surface area contributed by atoms with E-state index in [1.165, 1.54) is 0 Å². The average Bonchev–Trinajstić information content (AvgIpc) is 3.32. The average molecular weight is 550 g/mol. The fraction of sp³-hybridized carbons (Fsp3) is 0.0811. The molecule has 0 unspecified atom stereocenters. The molecule has 6 rings (SSSR count). The number of ether oxygens (including phenoxy) is 1. The molecule has 1 aliphatic rings. The highest BCUT2D eigenvalue weighted by Gasteiger charge is 2.34. The standard InChI is InChI=1S/C37H31N3O2/c1-28-13-11-12-20-34(28)38-37-39(26-25-29-14-5-2-6-15-29)36(41)35(42-37)27-30-21-23-33(24-22-30)40(31-16-7-3-8-17-31)32-18-9-4-10-19-32/h2-24,27H,25-26H2,1H3/b35-27+,38-37?. The molecule has 1 aliphatic heterocycles. The lowest BCUT2D eigenvalue weighted by Gasteiger charge is -2.25. The molecule has 5 aromatic rings. The minimum Gasteiger partial charge on any atom is -0.419 e. The minimum atomic E-state index is -0.197. The quantitative estimate of drug-likeness (QED) is 0.182. The molecule has 1 fully saturated rings. The first kappa shape index (κ1) is 26.8. The maximum atomic E-state index is 13.6. The van der Waals surface area contributed by atoms with Crippen LogP contribution in [0.25, 0.3) is 6.08 Å². The summed E-state index contributed by atoms with van der Waals surface area (Å²) in [6.07, 6.45) is 2.48. The zero-order chi connectivity index (χ0) is 28.7. The summed E-state index contributed by atoms with van der Waals surface area (Å²) in [6.45, 7) is 2.46. The van der Waals surface area contributed by atoms with E-state index in [-0.39, 0.29) is 11.7 Å². The van der Waals surface area contributed by atoms with Crippen LogP contribution in [0.15, 0.2) is 150 Å². The number of aliphatic imine (C=N–C) groups is 1. The first-order valence-corrected chi connectivity index (χ1v) is 14.1. The molecule has 0 spiro atoms. The summed E-state index contributed by atoms with van der Waals surface area (Å²) >= 11 is 0. The molecule has 0 radical (unpaired) electrons. The Morgan fingerprint density at radius 1 is 0.690 bits per heavy atom. The molecule has 1 heterocycles. The molecule has 0 atom stereocenters. The number of amides is 1. The van der Waals surface area contributed by atoms with Gasteiger partial charge in [-0.3, -0.25) is 9.69 Å². The summed E-state index contributed by atoms with van der Waals surface area (Å²) in [5.41, 5.74) is 6.94. The number of aryl methyl sites for hydroxylation is 1. The van der Waals surface area contributed by atoms with Crippen LogP contribution in [0.4, 0.5) is 22.7 Å². The fourth-order valence-electron chi connectivity index (χ4n) is 4.94. The van der Waals surface area contributed by atoms with Crippen LogP contribution in [-0.4, -0.2) is 23.4 Å². The monoisotopic (exact) mass is 549 g/mol. The first-order chi connectivity index (χ1) is 20.7. The van der Waals surface area contributed by atoms with Gasteiger partial charge in [0.1, 0.15) is 0 Å². The van der Waals surface area contributed by atoms with Gasteiger partial charge < -0.3 is 9.64 Å². The Bertz CT molecular complexity index is 1670. The zero-order valence-corrected chi connectivity index (χ0v) is 23.4. The van der Waals surface area contributed by atoms with Crippen molar-refractivity contribution in [2.75, 3.05) is 11.4 Å². The second-order valence-electron chi connectivity index (χ2n) is 10.1. The van der Waals surface area contributed by atoms with Gasteiger partial charge in [-0.1, -0.05) is 97.1 Å². The smallest absolute Gasteiger partial charge is 0.305 e. The van der Waals surface area contributed by atoms with E-state index in [1.807, 2.05) is 97.9 Å². The normalized spacial score (nSPS) is 14.8. The van der Waals surface area contributed by atoms with E-state index in [0.29, 0.717) is 19.0 Å². The zero-order valence-electron chi connectivity index (χ0n) is 23.4. The number of nitrogens with zero attached hydrogens (tertiary/aromatic N) is 3. The van der Waals surface area contributed by atoms with Gasteiger partial charge in [-0.25, -0.2) is 0 Å². The Labute approximate surface area is 246 Å². The third-order valence-electron chi connectivity index (χ3n) is 7.16. The van der Waals surface area contributed by atoms with Gasteiger partial charge in [-0.2, -0.15) is 4.99 Å². The molecule has 0 aliphatic carbocycles. The van der Waals surface area contributed by atoms with Crippen molar-refractivity contribution in [3.63, 3.8) is 0 Å². The fourth-order valence-corrected chi connectivity index (χ4v) is 4.94. The van der Waals surface area contributed by atoms with Crippen LogP contribution in [0, 0.1) is 6.92 Å². The minimum absolute atomic E-state index is 0.197. The molecule has 0 aromatic heterocycles. The number of anilines is 3. The number of hydrogen-bond donors (Lipinski definition) is 0. The van der Waals surface area contributed by atoms with E-state index in [4.69, 9.17) is 9.73 Å². The maximum Gasteiger partial charge on any atom is 0.305 e. The van der Waals surface area contributed by atoms with E-state index in [2.05, 4.69) is 53.4 Å². The van der Waals surface area contributed by atoms with E-state index in [1.54, 1.807) is 11.0 Å². The molecule has 0 N–H and O–H groups in total. The van der Waals surface area contributed by atoms with Gasteiger partial charge in [0, 0.05) is 23.6 Å². The second kappa shape index (κ2) is 12.4. The Hall–Kier alpha value is -5.42. The summed E-state index contributed by atoms with van der Waals surface area (Å²) in [4.78, 5) is 22.2. The maximum absolute atomic E-state index is 13.6. The van der Waals surface area contributed by atoms with Gasteiger partial charge in [0.15, 0.2) is 5.76 Å². The van der Waals surface area contributed by atoms with E-state index >= 15 is 0 Å². The van der Waals surface area contributed by atoms with Crippen LogP contribution >= 0.6 is 0 Å². The Kier molecular flexibility index (Phi) is 7.91. The summed E-state index contributed by atoms with van der Waals surface area (Å²) in [5.74, 6) is 0.0589. The molecular weight excluding hydrogens is 518 g/mol. The van der Waals surface area contributed by atoms with Crippen LogP contribution in [0.5, 0.6) is 0 Å². The summed E-state index contributed by atoms with van der Waals surface area (Å²) in [7, 11) is 0. The molecule has 1 saturated heterocycles. The number of carbonyl (C=O) groups excluding carboxylic acids is 1. The van der Waals surface area contributed by atoms with Crippen LogP contribution in [-0.2, 0) is 16.0 Å². The molecule has 42 heavy (non-hydrogen) atoms. The summed E-state index contributed by atoms with van der Waals surface area (Å²) in [6, 6.07) is 46.9.